The Morgan fingerprint density at radius 1 is 0.947 bits per heavy atom. The monoisotopic (exact) mass is 333 g/mol. The van der Waals surface area contributed by atoms with Crippen molar-refractivity contribution in [3.8, 4) is 22.6 Å². The van der Waals surface area contributed by atoms with Crippen LogP contribution in [0, 0.1) is 0 Å². The van der Waals surface area contributed by atoms with Crippen molar-refractivity contribution in [3.05, 3.63) is 64.4 Å². The molecule has 2 aromatic carbocycles. The van der Waals surface area contributed by atoms with E-state index in [0.717, 1.165) is 21.3 Å². The summed E-state index contributed by atoms with van der Waals surface area (Å²) in [4.78, 5) is 4.27. The quantitative estimate of drug-likeness (QED) is 0.625. The van der Waals surface area contributed by atoms with Crippen molar-refractivity contribution in [2.45, 2.75) is 0 Å². The predicted octanol–water partition coefficient (Wildman–Crippen LogP) is 5.42. The van der Waals surface area contributed by atoms with Crippen LogP contribution in [-0.2, 0) is 0 Å². The molecule has 0 saturated heterocycles. The van der Waals surface area contributed by atoms with E-state index in [0.29, 0.717) is 5.76 Å². The zero-order valence-corrected chi connectivity index (χ0v) is 12.1. The minimum atomic E-state index is 0.147. The average molecular weight is 335 g/mol. The second-order valence-electron chi connectivity index (χ2n) is 4.02. The summed E-state index contributed by atoms with van der Waals surface area (Å²) < 4.78 is 6.53. The van der Waals surface area contributed by atoms with E-state index in [1.54, 1.807) is 0 Å². The third kappa shape index (κ3) is 2.57. The van der Waals surface area contributed by atoms with Gasteiger partial charge in [0, 0.05) is 15.6 Å². The van der Waals surface area contributed by atoms with Crippen LogP contribution in [0.3, 0.4) is 0 Å². The molecular formula is C15H9BrClNO. The molecule has 0 radical (unpaired) electrons. The molecule has 1 heterocycles. The molecule has 1 aromatic heterocycles. The Kier molecular flexibility index (Phi) is 3.40. The van der Waals surface area contributed by atoms with Gasteiger partial charge in [0.15, 0.2) is 5.76 Å². The molecule has 0 aliphatic heterocycles. The Hall–Kier alpha value is -1.58. The third-order valence-corrected chi connectivity index (χ3v) is 3.39. The lowest BCUT2D eigenvalue weighted by atomic mass is 10.1. The van der Waals surface area contributed by atoms with Crippen LogP contribution in [0.2, 0.25) is 5.35 Å². The van der Waals surface area contributed by atoms with Crippen molar-refractivity contribution in [2.75, 3.05) is 0 Å². The maximum absolute atomic E-state index is 5.92. The summed E-state index contributed by atoms with van der Waals surface area (Å²) in [5.74, 6) is 0.678. The van der Waals surface area contributed by atoms with Crippen LogP contribution in [0.25, 0.3) is 22.6 Å². The van der Waals surface area contributed by atoms with Crippen molar-refractivity contribution in [1.82, 2.24) is 4.98 Å². The molecule has 0 aliphatic rings. The second-order valence-corrected chi connectivity index (χ2v) is 5.26. The molecule has 3 rings (SSSR count). The molecule has 0 unspecified atom stereocenters. The Balaban J connectivity index is 2.18. The van der Waals surface area contributed by atoms with E-state index < -0.39 is 0 Å². The number of rotatable bonds is 2. The first kappa shape index (κ1) is 12.5. The number of hydrogen-bond donors (Lipinski definition) is 0. The lowest BCUT2D eigenvalue weighted by Crippen LogP contribution is -1.82. The van der Waals surface area contributed by atoms with Crippen molar-refractivity contribution in [2.24, 2.45) is 0 Å². The van der Waals surface area contributed by atoms with E-state index in [4.69, 9.17) is 16.0 Å². The molecule has 0 amide bonds. The fourth-order valence-corrected chi connectivity index (χ4v) is 2.47. The van der Waals surface area contributed by atoms with Crippen LogP contribution < -0.4 is 0 Å². The fourth-order valence-electron chi connectivity index (χ4n) is 1.91. The smallest absolute Gasteiger partial charge is 0.293 e. The first-order chi connectivity index (χ1) is 9.24. The van der Waals surface area contributed by atoms with Gasteiger partial charge in [0.1, 0.15) is 5.69 Å². The van der Waals surface area contributed by atoms with Gasteiger partial charge in [-0.15, -0.1) is 0 Å². The molecule has 0 atom stereocenters. The molecule has 0 aliphatic carbocycles. The van der Waals surface area contributed by atoms with Gasteiger partial charge in [-0.05, 0) is 23.7 Å². The molecule has 3 aromatic rings. The lowest BCUT2D eigenvalue weighted by Gasteiger charge is -2.01. The Morgan fingerprint density at radius 3 is 2.42 bits per heavy atom. The van der Waals surface area contributed by atoms with Crippen molar-refractivity contribution < 1.29 is 4.42 Å². The summed E-state index contributed by atoms with van der Waals surface area (Å²) in [6.45, 7) is 0. The highest BCUT2D eigenvalue weighted by molar-refractivity contribution is 9.10. The van der Waals surface area contributed by atoms with Gasteiger partial charge in [0.2, 0.25) is 0 Å². The van der Waals surface area contributed by atoms with E-state index in [1.165, 1.54) is 0 Å². The minimum Gasteiger partial charge on any atom is -0.427 e. The standard InChI is InChI=1S/C15H9BrClNO/c16-12-8-4-7-11(9-12)14-13(18-15(17)19-14)10-5-2-1-3-6-10/h1-9H. The highest BCUT2D eigenvalue weighted by Gasteiger charge is 2.15. The fraction of sp³-hybridized carbons (Fsp3) is 0. The lowest BCUT2D eigenvalue weighted by molar-refractivity contribution is 0.574. The number of nitrogens with zero attached hydrogens (tertiary/aromatic N) is 1. The van der Waals surface area contributed by atoms with Gasteiger partial charge in [-0.2, -0.15) is 4.98 Å². The molecule has 0 N–H and O–H groups in total. The topological polar surface area (TPSA) is 26.0 Å². The van der Waals surface area contributed by atoms with Gasteiger partial charge < -0.3 is 4.42 Å². The molecule has 19 heavy (non-hydrogen) atoms. The third-order valence-electron chi connectivity index (χ3n) is 2.74. The van der Waals surface area contributed by atoms with E-state index in [-0.39, 0.29) is 5.35 Å². The number of hydrogen-bond acceptors (Lipinski definition) is 2. The highest BCUT2D eigenvalue weighted by Crippen LogP contribution is 2.34. The molecule has 0 fully saturated rings. The summed E-state index contributed by atoms with van der Waals surface area (Å²) in [5, 5.41) is 0.147. The molecule has 0 spiro atoms. The van der Waals surface area contributed by atoms with Crippen LogP contribution >= 0.6 is 27.5 Å². The van der Waals surface area contributed by atoms with Crippen LogP contribution in [0.15, 0.2) is 63.5 Å². The van der Waals surface area contributed by atoms with Crippen LogP contribution in [0.1, 0.15) is 0 Å². The maximum Gasteiger partial charge on any atom is 0.293 e. The van der Waals surface area contributed by atoms with Gasteiger partial charge in [0.05, 0.1) is 0 Å². The van der Waals surface area contributed by atoms with Gasteiger partial charge >= 0.3 is 0 Å². The van der Waals surface area contributed by atoms with Gasteiger partial charge in [-0.3, -0.25) is 0 Å². The first-order valence-corrected chi connectivity index (χ1v) is 6.89. The largest absolute Gasteiger partial charge is 0.427 e. The van der Waals surface area contributed by atoms with Crippen LogP contribution in [-0.4, -0.2) is 4.98 Å². The highest BCUT2D eigenvalue weighted by atomic mass is 79.9. The van der Waals surface area contributed by atoms with E-state index >= 15 is 0 Å². The van der Waals surface area contributed by atoms with Gasteiger partial charge in [-0.25, -0.2) is 0 Å². The summed E-state index contributed by atoms with van der Waals surface area (Å²) in [5.41, 5.74) is 2.67. The first-order valence-electron chi connectivity index (χ1n) is 5.72. The van der Waals surface area contributed by atoms with Crippen LogP contribution in [0.4, 0.5) is 0 Å². The van der Waals surface area contributed by atoms with Crippen molar-refractivity contribution in [1.29, 1.82) is 0 Å². The molecule has 4 heteroatoms. The number of aromatic nitrogens is 1. The van der Waals surface area contributed by atoms with Gasteiger partial charge in [0.25, 0.3) is 5.35 Å². The zero-order chi connectivity index (χ0) is 13.2. The average Bonchev–Trinajstić information content (AvgIpc) is 2.82. The SMILES string of the molecule is Clc1nc(-c2ccccc2)c(-c2cccc(Br)c2)o1. The van der Waals surface area contributed by atoms with Crippen molar-refractivity contribution in [3.63, 3.8) is 0 Å². The van der Waals surface area contributed by atoms with E-state index in [9.17, 15) is 0 Å². The summed E-state index contributed by atoms with van der Waals surface area (Å²) in [7, 11) is 0. The van der Waals surface area contributed by atoms with E-state index in [1.807, 2.05) is 54.6 Å². The summed E-state index contributed by atoms with van der Waals surface area (Å²) >= 11 is 9.37. The van der Waals surface area contributed by atoms with E-state index in [2.05, 4.69) is 20.9 Å². The van der Waals surface area contributed by atoms with Crippen LogP contribution in [0.5, 0.6) is 0 Å². The molecule has 0 saturated carbocycles. The Bertz CT molecular complexity index is 709. The predicted molar refractivity (Wildman–Crippen MR) is 80.1 cm³/mol. The Labute approximate surface area is 124 Å². The zero-order valence-electron chi connectivity index (χ0n) is 9.81. The number of halogens is 2. The molecule has 0 bridgehead atoms. The number of oxazole rings is 1. The summed E-state index contributed by atoms with van der Waals surface area (Å²) in [6, 6.07) is 17.7. The maximum atomic E-state index is 5.92. The van der Waals surface area contributed by atoms with Gasteiger partial charge in [-0.1, -0.05) is 58.4 Å². The van der Waals surface area contributed by atoms with Crippen molar-refractivity contribution >= 4 is 27.5 Å². The summed E-state index contributed by atoms with van der Waals surface area (Å²) in [6.07, 6.45) is 0. The minimum absolute atomic E-state index is 0.147. The molecule has 2 nitrogen and oxygen atoms in total. The second kappa shape index (κ2) is 5.19. The Morgan fingerprint density at radius 2 is 1.68 bits per heavy atom. The normalized spacial score (nSPS) is 10.6. The molecule has 94 valence electrons. The molecular weight excluding hydrogens is 326 g/mol. The number of benzene rings is 2.